The molecule has 1 saturated carbocycles. The molecule has 2 aliphatic rings. The Labute approximate surface area is 132 Å². The average molecular weight is 317 g/mol. The molecule has 0 radical (unpaired) electrons. The fraction of sp³-hybridized carbons (Fsp3) is 0.529. The van der Waals surface area contributed by atoms with E-state index in [1.165, 1.54) is 15.2 Å². The Balaban J connectivity index is 1.95. The first-order valence-electron chi connectivity index (χ1n) is 8.27. The van der Waals surface area contributed by atoms with Gasteiger partial charge in [0.25, 0.3) is 5.56 Å². The van der Waals surface area contributed by atoms with Gasteiger partial charge >= 0.3 is 5.69 Å². The van der Waals surface area contributed by atoms with Gasteiger partial charge in [0.1, 0.15) is 5.82 Å². The highest BCUT2D eigenvalue weighted by Crippen LogP contribution is 2.33. The van der Waals surface area contributed by atoms with E-state index in [-0.39, 0.29) is 28.5 Å². The molecular weight excluding hydrogens is 297 g/mol. The lowest BCUT2D eigenvalue weighted by Crippen LogP contribution is -2.39. The molecule has 2 fully saturated rings. The van der Waals surface area contributed by atoms with E-state index < -0.39 is 0 Å². The van der Waals surface area contributed by atoms with Gasteiger partial charge in [-0.05, 0) is 44.2 Å². The molecule has 4 rings (SSSR count). The Morgan fingerprint density at radius 3 is 2.43 bits per heavy atom. The Bertz CT molecular complexity index is 889. The van der Waals surface area contributed by atoms with Gasteiger partial charge in [0, 0.05) is 26.2 Å². The first-order valence-corrected chi connectivity index (χ1v) is 8.27. The summed E-state index contributed by atoms with van der Waals surface area (Å²) in [5, 5.41) is 0.289. The third-order valence-corrected chi connectivity index (χ3v) is 4.98. The van der Waals surface area contributed by atoms with E-state index in [0.717, 1.165) is 45.2 Å². The topological polar surface area (TPSA) is 47.2 Å². The van der Waals surface area contributed by atoms with Crippen LogP contribution in [0.25, 0.3) is 10.9 Å². The van der Waals surface area contributed by atoms with Gasteiger partial charge in [-0.3, -0.25) is 13.9 Å². The van der Waals surface area contributed by atoms with Crippen LogP contribution in [0.3, 0.4) is 0 Å². The van der Waals surface area contributed by atoms with Crippen molar-refractivity contribution >= 4 is 16.6 Å². The molecule has 0 unspecified atom stereocenters. The minimum atomic E-state index is -0.377. The Hall–Kier alpha value is -2.11. The molecule has 1 aromatic heterocycles. The standard InChI is InChI=1S/C17H20FN3O2/c1-19-14-10-15(20-7-3-2-4-8-20)13(18)9-12(14)16(22)21(17(19)23)11-5-6-11/h9-11H,2-8H2,1H3. The SMILES string of the molecule is Cn1c(=O)n(C2CC2)c(=O)c2cc(F)c(N3CCCCC3)cc21. The van der Waals surface area contributed by atoms with Crippen molar-refractivity contribution in [3.05, 3.63) is 38.8 Å². The van der Waals surface area contributed by atoms with E-state index in [1.807, 2.05) is 4.90 Å². The van der Waals surface area contributed by atoms with Crippen molar-refractivity contribution in [1.29, 1.82) is 0 Å². The van der Waals surface area contributed by atoms with Crippen LogP contribution in [0.15, 0.2) is 21.7 Å². The van der Waals surface area contributed by atoms with Gasteiger partial charge in [-0.2, -0.15) is 0 Å². The highest BCUT2D eigenvalue weighted by atomic mass is 19.1. The maximum atomic E-state index is 14.6. The first kappa shape index (κ1) is 14.5. The summed E-state index contributed by atoms with van der Waals surface area (Å²) in [4.78, 5) is 27.1. The molecule has 5 nitrogen and oxygen atoms in total. The van der Waals surface area contributed by atoms with Gasteiger partial charge in [0.15, 0.2) is 0 Å². The maximum Gasteiger partial charge on any atom is 0.331 e. The number of anilines is 1. The molecule has 2 heterocycles. The molecule has 1 saturated heterocycles. The quantitative estimate of drug-likeness (QED) is 0.853. The largest absolute Gasteiger partial charge is 0.369 e. The van der Waals surface area contributed by atoms with Crippen molar-refractivity contribution in [2.45, 2.75) is 38.1 Å². The van der Waals surface area contributed by atoms with Gasteiger partial charge in [-0.15, -0.1) is 0 Å². The summed E-state index contributed by atoms with van der Waals surface area (Å²) in [7, 11) is 1.65. The second kappa shape index (κ2) is 5.22. The number of piperidine rings is 1. The number of hydrogen-bond acceptors (Lipinski definition) is 3. The molecule has 0 amide bonds. The molecule has 122 valence electrons. The summed E-state index contributed by atoms with van der Waals surface area (Å²) in [5.41, 5.74) is 0.338. The highest BCUT2D eigenvalue weighted by molar-refractivity contribution is 5.82. The molecular formula is C17H20FN3O2. The van der Waals surface area contributed by atoms with Gasteiger partial charge in [-0.25, -0.2) is 9.18 Å². The zero-order valence-electron chi connectivity index (χ0n) is 13.2. The van der Waals surface area contributed by atoms with E-state index in [9.17, 15) is 14.0 Å². The molecule has 0 spiro atoms. The molecule has 1 aliphatic carbocycles. The van der Waals surface area contributed by atoms with Crippen molar-refractivity contribution in [2.24, 2.45) is 7.05 Å². The fourth-order valence-corrected chi connectivity index (χ4v) is 3.51. The Morgan fingerprint density at radius 1 is 1.09 bits per heavy atom. The molecule has 1 aromatic carbocycles. The third kappa shape index (κ3) is 2.28. The number of aryl methyl sites for hydroxylation is 1. The van der Waals surface area contributed by atoms with E-state index >= 15 is 0 Å². The molecule has 23 heavy (non-hydrogen) atoms. The summed E-state index contributed by atoms with van der Waals surface area (Å²) >= 11 is 0. The third-order valence-electron chi connectivity index (χ3n) is 4.98. The minimum Gasteiger partial charge on any atom is -0.369 e. The van der Waals surface area contributed by atoms with Gasteiger partial charge in [0.05, 0.1) is 16.6 Å². The van der Waals surface area contributed by atoms with Crippen LogP contribution in [0, 0.1) is 5.82 Å². The number of hydrogen-bond donors (Lipinski definition) is 0. The van der Waals surface area contributed by atoms with E-state index in [1.54, 1.807) is 13.1 Å². The van der Waals surface area contributed by atoms with E-state index in [0.29, 0.717) is 11.2 Å². The zero-order valence-corrected chi connectivity index (χ0v) is 13.2. The molecule has 0 N–H and O–H groups in total. The first-order chi connectivity index (χ1) is 11.1. The maximum absolute atomic E-state index is 14.6. The summed E-state index contributed by atoms with van der Waals surface area (Å²) in [6.07, 6.45) is 4.93. The summed E-state index contributed by atoms with van der Waals surface area (Å²) < 4.78 is 17.3. The highest BCUT2D eigenvalue weighted by Gasteiger charge is 2.29. The average Bonchev–Trinajstić information content (AvgIpc) is 3.38. The monoisotopic (exact) mass is 317 g/mol. The minimum absolute atomic E-state index is 0.0181. The number of rotatable bonds is 2. The van der Waals surface area contributed by atoms with Crippen molar-refractivity contribution in [3.63, 3.8) is 0 Å². The number of fused-ring (bicyclic) bond motifs is 1. The van der Waals surface area contributed by atoms with Crippen LogP contribution in [-0.4, -0.2) is 22.2 Å². The predicted octanol–water partition coefficient (Wildman–Crippen LogP) is 2.16. The van der Waals surface area contributed by atoms with Crippen molar-refractivity contribution in [3.8, 4) is 0 Å². The summed E-state index contributed by atoms with van der Waals surface area (Å²) in [6, 6.07) is 2.95. The van der Waals surface area contributed by atoms with Gasteiger partial charge in [-0.1, -0.05) is 0 Å². The molecule has 1 aliphatic heterocycles. The number of aromatic nitrogens is 2. The van der Waals surface area contributed by atoms with Gasteiger partial charge < -0.3 is 4.90 Å². The van der Waals surface area contributed by atoms with E-state index in [4.69, 9.17) is 0 Å². The number of benzene rings is 1. The second-order valence-corrected chi connectivity index (χ2v) is 6.62. The lowest BCUT2D eigenvalue weighted by molar-refractivity contribution is 0.557. The van der Waals surface area contributed by atoms with Crippen LogP contribution in [0.1, 0.15) is 38.1 Å². The molecule has 0 atom stereocenters. The molecule has 0 bridgehead atoms. The summed E-state index contributed by atoms with van der Waals surface area (Å²) in [5.74, 6) is -0.377. The van der Waals surface area contributed by atoms with Crippen molar-refractivity contribution in [2.75, 3.05) is 18.0 Å². The lowest BCUT2D eigenvalue weighted by atomic mass is 10.1. The van der Waals surface area contributed by atoms with Crippen LogP contribution < -0.4 is 16.1 Å². The fourth-order valence-electron chi connectivity index (χ4n) is 3.51. The van der Waals surface area contributed by atoms with Crippen LogP contribution in [0.2, 0.25) is 0 Å². The normalized spacial score (nSPS) is 18.6. The van der Waals surface area contributed by atoms with Crippen molar-refractivity contribution in [1.82, 2.24) is 9.13 Å². The van der Waals surface area contributed by atoms with Crippen LogP contribution in [0.4, 0.5) is 10.1 Å². The van der Waals surface area contributed by atoms with Crippen LogP contribution >= 0.6 is 0 Å². The van der Waals surface area contributed by atoms with Gasteiger partial charge in [0.2, 0.25) is 0 Å². The second-order valence-electron chi connectivity index (χ2n) is 6.62. The Morgan fingerprint density at radius 2 is 1.78 bits per heavy atom. The number of halogens is 1. The zero-order chi connectivity index (χ0) is 16.1. The predicted molar refractivity (Wildman–Crippen MR) is 87.7 cm³/mol. The molecule has 2 aromatic rings. The number of nitrogens with zero attached hydrogens (tertiary/aromatic N) is 3. The van der Waals surface area contributed by atoms with Crippen LogP contribution in [0.5, 0.6) is 0 Å². The smallest absolute Gasteiger partial charge is 0.331 e. The van der Waals surface area contributed by atoms with Crippen molar-refractivity contribution < 1.29 is 4.39 Å². The Kier molecular flexibility index (Phi) is 3.28. The van der Waals surface area contributed by atoms with Crippen LogP contribution in [-0.2, 0) is 7.05 Å². The van der Waals surface area contributed by atoms with E-state index in [2.05, 4.69) is 0 Å². The molecule has 6 heteroatoms. The summed E-state index contributed by atoms with van der Waals surface area (Å²) in [6.45, 7) is 1.63. The lowest BCUT2D eigenvalue weighted by Gasteiger charge is -2.29.